The van der Waals surface area contributed by atoms with Gasteiger partial charge in [-0.3, -0.25) is 19.0 Å². The minimum absolute atomic E-state index is 0.181. The molecule has 2 N–H and O–H groups in total. The van der Waals surface area contributed by atoms with Crippen LogP contribution in [0, 0.1) is 0 Å². The van der Waals surface area contributed by atoms with Crippen LogP contribution < -0.4 is 20.1 Å². The molecule has 0 spiro atoms. The lowest BCUT2D eigenvalue weighted by Gasteiger charge is -2.13. The zero-order valence-corrected chi connectivity index (χ0v) is 20.7. The summed E-state index contributed by atoms with van der Waals surface area (Å²) in [6.45, 7) is 0.474. The number of amides is 2. The van der Waals surface area contributed by atoms with Gasteiger partial charge in [0.25, 0.3) is 11.8 Å². The van der Waals surface area contributed by atoms with Gasteiger partial charge >= 0.3 is 0 Å². The molecule has 36 heavy (non-hydrogen) atoms. The van der Waals surface area contributed by atoms with Crippen molar-refractivity contribution < 1.29 is 19.1 Å². The Balaban J connectivity index is 1.46. The molecule has 2 heterocycles. The molecule has 0 radical (unpaired) electrons. The van der Waals surface area contributed by atoms with Crippen molar-refractivity contribution in [3.05, 3.63) is 88.5 Å². The van der Waals surface area contributed by atoms with Crippen LogP contribution in [0.4, 0.5) is 5.69 Å². The van der Waals surface area contributed by atoms with Gasteiger partial charge in [0.2, 0.25) is 0 Å². The fourth-order valence-corrected chi connectivity index (χ4v) is 3.67. The highest BCUT2D eigenvalue weighted by Crippen LogP contribution is 2.24. The first-order chi connectivity index (χ1) is 17.3. The van der Waals surface area contributed by atoms with Gasteiger partial charge in [0.1, 0.15) is 23.8 Å². The lowest BCUT2D eigenvalue weighted by Crippen LogP contribution is -2.26. The molecule has 0 aliphatic heterocycles. The Hall–Kier alpha value is -4.31. The molecule has 186 valence electrons. The average Bonchev–Trinajstić information content (AvgIpc) is 3.46. The molecule has 4 rings (SSSR count). The zero-order chi connectivity index (χ0) is 25.7. The number of anilines is 1. The van der Waals surface area contributed by atoms with Crippen LogP contribution in [0.1, 0.15) is 32.0 Å². The summed E-state index contributed by atoms with van der Waals surface area (Å²) in [6, 6.07) is 12.0. The standard InChI is InChI=1S/C25H25ClN6O4/c1-31-14-16(12-28-31)11-27-25(34)23-21(13-29-32(23)2)30-24(33)17-4-9-22(35-3)18(10-17)15-36-20-7-5-19(26)6-8-20/h4-10,12-14H,11,15H2,1-3H3,(H,27,34)(H,30,33). The van der Waals surface area contributed by atoms with Crippen molar-refractivity contribution in [3.8, 4) is 11.5 Å². The van der Waals surface area contributed by atoms with E-state index in [0.717, 1.165) is 5.56 Å². The molecule has 0 aliphatic rings. The fourth-order valence-electron chi connectivity index (χ4n) is 3.55. The van der Waals surface area contributed by atoms with Crippen LogP contribution in [-0.4, -0.2) is 38.5 Å². The predicted molar refractivity (Wildman–Crippen MR) is 134 cm³/mol. The average molecular weight is 509 g/mol. The number of halogens is 1. The maximum absolute atomic E-state index is 13.1. The van der Waals surface area contributed by atoms with Crippen LogP contribution in [0.5, 0.6) is 11.5 Å². The molecule has 0 bridgehead atoms. The van der Waals surface area contributed by atoms with Gasteiger partial charge in [-0.1, -0.05) is 11.6 Å². The molecule has 10 nitrogen and oxygen atoms in total. The minimum atomic E-state index is -0.403. The minimum Gasteiger partial charge on any atom is -0.496 e. The number of carbonyl (C=O) groups is 2. The highest BCUT2D eigenvalue weighted by molar-refractivity contribution is 6.30. The molecule has 2 aromatic heterocycles. The number of aryl methyl sites for hydroxylation is 2. The Kier molecular flexibility index (Phi) is 7.55. The summed E-state index contributed by atoms with van der Waals surface area (Å²) in [6.07, 6.45) is 4.92. The second-order valence-electron chi connectivity index (χ2n) is 7.96. The van der Waals surface area contributed by atoms with Gasteiger partial charge in [-0.15, -0.1) is 0 Å². The van der Waals surface area contributed by atoms with Crippen LogP contribution in [0.3, 0.4) is 0 Å². The van der Waals surface area contributed by atoms with Gasteiger partial charge in [0.15, 0.2) is 0 Å². The van der Waals surface area contributed by atoms with Gasteiger partial charge in [-0.2, -0.15) is 10.2 Å². The maximum atomic E-state index is 13.1. The highest BCUT2D eigenvalue weighted by Gasteiger charge is 2.20. The van der Waals surface area contributed by atoms with Crippen LogP contribution in [0.15, 0.2) is 61.1 Å². The van der Waals surface area contributed by atoms with E-state index in [9.17, 15) is 9.59 Å². The number of hydrogen-bond donors (Lipinski definition) is 2. The third kappa shape index (κ3) is 5.84. The van der Waals surface area contributed by atoms with Crippen molar-refractivity contribution in [2.24, 2.45) is 14.1 Å². The molecule has 0 saturated heterocycles. The van der Waals surface area contributed by atoms with Crippen molar-refractivity contribution in [1.82, 2.24) is 24.9 Å². The number of benzene rings is 2. The summed E-state index contributed by atoms with van der Waals surface area (Å²) >= 11 is 5.92. The van der Waals surface area contributed by atoms with E-state index in [1.807, 2.05) is 6.20 Å². The summed E-state index contributed by atoms with van der Waals surface area (Å²) in [5.41, 5.74) is 2.43. The van der Waals surface area contributed by atoms with E-state index in [1.54, 1.807) is 74.5 Å². The van der Waals surface area contributed by atoms with Crippen molar-refractivity contribution >= 4 is 29.1 Å². The Labute approximate surface area is 212 Å². The lowest BCUT2D eigenvalue weighted by atomic mass is 10.1. The van der Waals surface area contributed by atoms with Gasteiger partial charge < -0.3 is 20.1 Å². The second-order valence-corrected chi connectivity index (χ2v) is 8.40. The van der Waals surface area contributed by atoms with Gasteiger partial charge in [-0.25, -0.2) is 0 Å². The smallest absolute Gasteiger partial charge is 0.271 e. The van der Waals surface area contributed by atoms with Crippen molar-refractivity contribution in [2.75, 3.05) is 12.4 Å². The third-order valence-corrected chi connectivity index (χ3v) is 5.62. The first kappa shape index (κ1) is 24.8. The first-order valence-corrected chi connectivity index (χ1v) is 11.4. The number of nitrogens with zero attached hydrogens (tertiary/aromatic N) is 4. The van der Waals surface area contributed by atoms with E-state index in [1.165, 1.54) is 10.9 Å². The normalized spacial score (nSPS) is 10.7. The molecule has 2 aromatic carbocycles. The van der Waals surface area contributed by atoms with E-state index >= 15 is 0 Å². The van der Waals surface area contributed by atoms with Crippen LogP contribution >= 0.6 is 11.6 Å². The quantitative estimate of drug-likeness (QED) is 0.357. The zero-order valence-electron chi connectivity index (χ0n) is 20.0. The first-order valence-electron chi connectivity index (χ1n) is 11.0. The summed E-state index contributed by atoms with van der Waals surface area (Å²) in [5.74, 6) is 0.437. The van der Waals surface area contributed by atoms with Crippen LogP contribution in [0.25, 0.3) is 0 Å². The van der Waals surface area contributed by atoms with E-state index in [0.29, 0.717) is 39.9 Å². The number of methoxy groups -OCH3 is 1. The molecule has 0 fully saturated rings. The number of rotatable bonds is 9. The fraction of sp³-hybridized carbons (Fsp3) is 0.200. The van der Waals surface area contributed by atoms with Crippen molar-refractivity contribution in [1.29, 1.82) is 0 Å². The Morgan fingerprint density at radius 1 is 1.03 bits per heavy atom. The Bertz CT molecular complexity index is 1380. The molecule has 4 aromatic rings. The molecule has 0 unspecified atom stereocenters. The Morgan fingerprint density at radius 2 is 1.81 bits per heavy atom. The van der Waals surface area contributed by atoms with E-state index in [4.69, 9.17) is 21.1 Å². The maximum Gasteiger partial charge on any atom is 0.271 e. The lowest BCUT2D eigenvalue weighted by molar-refractivity contribution is 0.0942. The highest BCUT2D eigenvalue weighted by atomic mass is 35.5. The Morgan fingerprint density at radius 3 is 2.50 bits per heavy atom. The summed E-state index contributed by atoms with van der Waals surface area (Å²) in [4.78, 5) is 25.9. The topological polar surface area (TPSA) is 112 Å². The van der Waals surface area contributed by atoms with E-state index in [2.05, 4.69) is 20.8 Å². The number of ether oxygens (including phenoxy) is 2. The summed E-state index contributed by atoms with van der Waals surface area (Å²) < 4.78 is 14.3. The van der Waals surface area contributed by atoms with E-state index < -0.39 is 5.91 Å². The summed E-state index contributed by atoms with van der Waals surface area (Å²) in [5, 5.41) is 14.4. The van der Waals surface area contributed by atoms with Crippen molar-refractivity contribution in [3.63, 3.8) is 0 Å². The molecular formula is C25H25ClN6O4. The molecule has 11 heteroatoms. The van der Waals surface area contributed by atoms with Crippen LogP contribution in [-0.2, 0) is 27.2 Å². The number of aromatic nitrogens is 4. The van der Waals surface area contributed by atoms with Crippen LogP contribution in [0.2, 0.25) is 5.02 Å². The van der Waals surface area contributed by atoms with Gasteiger partial charge in [0, 0.05) is 48.5 Å². The molecule has 2 amide bonds. The number of hydrogen-bond acceptors (Lipinski definition) is 6. The third-order valence-electron chi connectivity index (χ3n) is 5.36. The SMILES string of the molecule is COc1ccc(C(=O)Nc2cnn(C)c2C(=O)NCc2cnn(C)c2)cc1COc1ccc(Cl)cc1. The number of carbonyl (C=O) groups excluding carboxylic acids is 2. The molecule has 0 saturated carbocycles. The van der Waals surface area contributed by atoms with Crippen molar-refractivity contribution in [2.45, 2.75) is 13.2 Å². The molecule has 0 atom stereocenters. The summed E-state index contributed by atoms with van der Waals surface area (Å²) in [7, 11) is 4.98. The number of nitrogens with one attached hydrogen (secondary N) is 2. The predicted octanol–water partition coefficient (Wildman–Crippen LogP) is 3.58. The largest absolute Gasteiger partial charge is 0.496 e. The molecule has 0 aliphatic carbocycles. The van der Waals surface area contributed by atoms with Gasteiger partial charge in [0.05, 0.1) is 25.2 Å². The van der Waals surface area contributed by atoms with E-state index in [-0.39, 0.29) is 18.2 Å². The van der Waals surface area contributed by atoms with Gasteiger partial charge in [-0.05, 0) is 42.5 Å². The monoisotopic (exact) mass is 508 g/mol. The second kappa shape index (κ2) is 11.0. The molecular weight excluding hydrogens is 484 g/mol.